The Balaban J connectivity index is 1.33. The summed E-state index contributed by atoms with van der Waals surface area (Å²) in [5.74, 6) is 0.111. The first-order valence-electron chi connectivity index (χ1n) is 10.3. The second-order valence-electron chi connectivity index (χ2n) is 7.51. The van der Waals surface area contributed by atoms with Crippen molar-refractivity contribution in [3.8, 4) is 11.3 Å². The fourth-order valence-corrected chi connectivity index (χ4v) is 4.71. The van der Waals surface area contributed by atoms with Gasteiger partial charge in [-0.05, 0) is 48.2 Å². The molecule has 3 aliphatic heterocycles. The second-order valence-corrected chi connectivity index (χ2v) is 9.37. The minimum Gasteiger partial charge on any atom is -0.457 e. The smallest absolute Gasteiger partial charge is 0.283 e. The lowest BCUT2D eigenvalue weighted by molar-refractivity contribution is -0.133. The molecule has 0 bridgehead atoms. The van der Waals surface area contributed by atoms with Gasteiger partial charge in [0.15, 0.2) is 5.84 Å². The number of amidine groups is 2. The number of rotatable bonds is 4. The second kappa shape index (κ2) is 9.38. The van der Waals surface area contributed by atoms with Crippen molar-refractivity contribution in [2.45, 2.75) is 6.42 Å². The van der Waals surface area contributed by atoms with Crippen molar-refractivity contribution in [1.82, 2.24) is 9.91 Å². The standard InChI is InChI=1S/C22H17Cl2N5O4S/c23-15-3-1-12(9-16(15)24)17-4-2-13(33-17)10-14-20(25)29-22(26-21(14)31)34-18(27-29)11-19(30)28-5-7-32-8-6-28/h1-4,9-10,25H,5-8,11H2/b14-10+,25-20?. The summed E-state index contributed by atoms with van der Waals surface area (Å²) in [6.45, 7) is 2.10. The molecule has 0 unspecified atom stereocenters. The molecule has 174 valence electrons. The molecule has 2 aromatic rings. The zero-order chi connectivity index (χ0) is 23.8. The average Bonchev–Trinajstić information content (AvgIpc) is 3.46. The number of aliphatic imine (C=N–C) groups is 1. The summed E-state index contributed by atoms with van der Waals surface area (Å²) in [5, 5.41) is 15.7. The molecule has 0 atom stereocenters. The fraction of sp³-hybridized carbons (Fsp3) is 0.227. The predicted molar refractivity (Wildman–Crippen MR) is 131 cm³/mol. The van der Waals surface area contributed by atoms with Crippen molar-refractivity contribution < 1.29 is 18.7 Å². The number of amides is 2. The zero-order valence-electron chi connectivity index (χ0n) is 17.6. The largest absolute Gasteiger partial charge is 0.457 e. The van der Waals surface area contributed by atoms with E-state index < -0.39 is 5.91 Å². The Morgan fingerprint density at radius 1 is 1.18 bits per heavy atom. The monoisotopic (exact) mass is 517 g/mol. The Morgan fingerprint density at radius 2 is 1.97 bits per heavy atom. The number of nitrogens with one attached hydrogen (secondary N) is 1. The van der Waals surface area contributed by atoms with Crippen LogP contribution in [-0.2, 0) is 14.3 Å². The van der Waals surface area contributed by atoms with Crippen LogP contribution in [-0.4, -0.2) is 64.1 Å². The molecule has 0 aliphatic carbocycles. The number of hydrazone groups is 1. The Labute approximate surface area is 208 Å². The number of hydrogen-bond acceptors (Lipinski definition) is 7. The molecule has 34 heavy (non-hydrogen) atoms. The summed E-state index contributed by atoms with van der Waals surface area (Å²) in [7, 11) is 0. The van der Waals surface area contributed by atoms with E-state index >= 15 is 0 Å². The number of furan rings is 1. The fourth-order valence-electron chi connectivity index (χ4n) is 3.53. The molecule has 12 heteroatoms. The molecule has 0 radical (unpaired) electrons. The van der Waals surface area contributed by atoms with Gasteiger partial charge >= 0.3 is 0 Å². The first kappa shape index (κ1) is 22.9. The first-order valence-corrected chi connectivity index (χ1v) is 11.9. The molecule has 1 saturated heterocycles. The number of morpholine rings is 1. The number of fused-ring (bicyclic) bond motifs is 1. The highest BCUT2D eigenvalue weighted by Crippen LogP contribution is 2.32. The van der Waals surface area contributed by atoms with Gasteiger partial charge in [0.05, 0.1) is 35.3 Å². The number of ether oxygens (including phenoxy) is 1. The molecule has 9 nitrogen and oxygen atoms in total. The summed E-state index contributed by atoms with van der Waals surface area (Å²) >= 11 is 13.2. The lowest BCUT2D eigenvalue weighted by Crippen LogP contribution is -2.41. The highest BCUT2D eigenvalue weighted by molar-refractivity contribution is 8.27. The number of thioether (sulfide) groups is 1. The Morgan fingerprint density at radius 3 is 2.74 bits per heavy atom. The number of carbonyl (C=O) groups is 2. The van der Waals surface area contributed by atoms with Crippen molar-refractivity contribution in [3.05, 3.63) is 51.7 Å². The SMILES string of the molecule is N=C1/C(=C\c2ccc(-c3ccc(Cl)c(Cl)c3)o2)C(=O)N=C2SC(CC(=O)N3CCOCC3)=NN12. The van der Waals surface area contributed by atoms with Crippen molar-refractivity contribution in [1.29, 1.82) is 5.41 Å². The molecule has 1 N–H and O–H groups in total. The van der Waals surface area contributed by atoms with E-state index in [2.05, 4.69) is 10.1 Å². The normalized spacial score (nSPS) is 19.4. The third-order valence-corrected chi connectivity index (χ3v) is 6.93. The van der Waals surface area contributed by atoms with Crippen molar-refractivity contribution in [2.24, 2.45) is 10.1 Å². The van der Waals surface area contributed by atoms with Crippen LogP contribution in [0.3, 0.4) is 0 Å². The lowest BCUT2D eigenvalue weighted by Gasteiger charge is -2.26. The van der Waals surface area contributed by atoms with E-state index in [-0.39, 0.29) is 28.9 Å². The molecule has 1 aromatic heterocycles. The molecule has 4 heterocycles. The summed E-state index contributed by atoms with van der Waals surface area (Å²) in [5.41, 5.74) is 0.753. The van der Waals surface area contributed by atoms with E-state index in [9.17, 15) is 9.59 Å². The van der Waals surface area contributed by atoms with E-state index in [0.717, 1.165) is 17.3 Å². The van der Waals surface area contributed by atoms with E-state index in [1.54, 1.807) is 35.2 Å². The molecule has 1 fully saturated rings. The number of benzene rings is 1. The Kier molecular flexibility index (Phi) is 6.30. The van der Waals surface area contributed by atoms with Crippen LogP contribution in [0, 0.1) is 5.41 Å². The van der Waals surface area contributed by atoms with Gasteiger partial charge in [0, 0.05) is 18.7 Å². The molecule has 3 aliphatic rings. The zero-order valence-corrected chi connectivity index (χ0v) is 19.9. The highest BCUT2D eigenvalue weighted by atomic mass is 35.5. The minimum absolute atomic E-state index is 0.0314. The quantitative estimate of drug-likeness (QED) is 0.610. The maximum atomic E-state index is 12.6. The van der Waals surface area contributed by atoms with Crippen molar-refractivity contribution >= 4 is 68.9 Å². The predicted octanol–water partition coefficient (Wildman–Crippen LogP) is 4.12. The van der Waals surface area contributed by atoms with Gasteiger partial charge in [0.25, 0.3) is 5.91 Å². The number of halogens is 2. The maximum absolute atomic E-state index is 12.6. The van der Waals surface area contributed by atoms with Crippen LogP contribution in [0.4, 0.5) is 0 Å². The van der Waals surface area contributed by atoms with Gasteiger partial charge in [-0.2, -0.15) is 15.1 Å². The van der Waals surface area contributed by atoms with Gasteiger partial charge < -0.3 is 14.1 Å². The van der Waals surface area contributed by atoms with E-state index in [1.165, 1.54) is 11.1 Å². The topological polar surface area (TPSA) is 112 Å². The van der Waals surface area contributed by atoms with Gasteiger partial charge in [-0.15, -0.1) is 0 Å². The minimum atomic E-state index is -0.577. The van der Waals surface area contributed by atoms with Crippen molar-refractivity contribution in [2.75, 3.05) is 26.3 Å². The van der Waals surface area contributed by atoms with Gasteiger partial charge in [0.1, 0.15) is 16.6 Å². The van der Waals surface area contributed by atoms with Gasteiger partial charge in [-0.3, -0.25) is 15.0 Å². The maximum Gasteiger partial charge on any atom is 0.283 e. The molecular weight excluding hydrogens is 501 g/mol. The molecule has 0 spiro atoms. The number of carbonyl (C=O) groups excluding carboxylic acids is 2. The third-order valence-electron chi connectivity index (χ3n) is 5.28. The van der Waals surface area contributed by atoms with E-state index in [4.69, 9.17) is 37.8 Å². The summed E-state index contributed by atoms with van der Waals surface area (Å²) in [4.78, 5) is 30.9. The van der Waals surface area contributed by atoms with E-state index in [1.807, 2.05) is 0 Å². The number of hydrogen-bond donors (Lipinski definition) is 1. The van der Waals surface area contributed by atoms with Gasteiger partial charge in [-0.1, -0.05) is 23.2 Å². The average molecular weight is 518 g/mol. The van der Waals surface area contributed by atoms with Crippen LogP contribution in [0.1, 0.15) is 12.2 Å². The molecule has 0 saturated carbocycles. The van der Waals surface area contributed by atoms with Gasteiger partial charge in [0.2, 0.25) is 11.1 Å². The molecule has 1 aromatic carbocycles. The summed E-state index contributed by atoms with van der Waals surface area (Å²) in [6.07, 6.45) is 1.52. The summed E-state index contributed by atoms with van der Waals surface area (Å²) in [6, 6.07) is 8.53. The van der Waals surface area contributed by atoms with Crippen LogP contribution in [0.5, 0.6) is 0 Å². The Hall–Kier alpha value is -2.92. The van der Waals surface area contributed by atoms with Crippen LogP contribution in [0.2, 0.25) is 10.0 Å². The van der Waals surface area contributed by atoms with Crippen LogP contribution in [0.25, 0.3) is 17.4 Å². The van der Waals surface area contributed by atoms with Crippen LogP contribution >= 0.6 is 35.0 Å². The van der Waals surface area contributed by atoms with Gasteiger partial charge in [-0.25, -0.2) is 0 Å². The summed E-state index contributed by atoms with van der Waals surface area (Å²) < 4.78 is 11.1. The third kappa shape index (κ3) is 4.54. The van der Waals surface area contributed by atoms with Crippen LogP contribution < -0.4 is 0 Å². The first-order chi connectivity index (χ1) is 16.4. The van der Waals surface area contributed by atoms with Crippen LogP contribution in [0.15, 0.2) is 50.4 Å². The lowest BCUT2D eigenvalue weighted by atomic mass is 10.1. The Bertz CT molecular complexity index is 1300. The number of nitrogens with zero attached hydrogens (tertiary/aromatic N) is 4. The molecule has 2 amide bonds. The molecular formula is C22H17Cl2N5O4S. The highest BCUT2D eigenvalue weighted by Gasteiger charge is 2.36. The van der Waals surface area contributed by atoms with Crippen molar-refractivity contribution in [3.63, 3.8) is 0 Å². The molecule has 5 rings (SSSR count). The van der Waals surface area contributed by atoms with E-state index in [0.29, 0.717) is 52.9 Å².